The molecule has 0 spiro atoms. The van der Waals surface area contributed by atoms with Crippen LogP contribution in [0.1, 0.15) is 12.5 Å². The summed E-state index contributed by atoms with van der Waals surface area (Å²) < 4.78 is 17.1. The molecule has 2 aromatic heterocycles. The van der Waals surface area contributed by atoms with Gasteiger partial charge in [-0.3, -0.25) is 10.1 Å². The third-order valence-corrected chi connectivity index (χ3v) is 4.68. The summed E-state index contributed by atoms with van der Waals surface area (Å²) in [6.45, 7) is 1.10. The van der Waals surface area contributed by atoms with Gasteiger partial charge in [-0.05, 0) is 37.3 Å². The normalized spacial score (nSPS) is 11.0. The molecule has 0 aliphatic heterocycles. The zero-order chi connectivity index (χ0) is 23.9. The Kier molecular flexibility index (Phi) is 6.83. The van der Waals surface area contributed by atoms with Crippen LogP contribution in [0.2, 0.25) is 0 Å². The maximum atomic E-state index is 12.1. The number of imide groups is 1. The molecule has 1 N–H and O–H groups in total. The third-order valence-electron chi connectivity index (χ3n) is 4.68. The maximum Gasteiger partial charge on any atom is 0.413 e. The number of hydrogen-bond acceptors (Lipinski definition) is 7. The minimum atomic E-state index is -0.900. The summed E-state index contributed by atoms with van der Waals surface area (Å²) in [5, 5.41) is 7.52. The van der Waals surface area contributed by atoms with Crippen LogP contribution in [0.25, 0.3) is 34.2 Å². The van der Waals surface area contributed by atoms with Crippen LogP contribution in [-0.4, -0.2) is 41.0 Å². The van der Waals surface area contributed by atoms with E-state index in [1.807, 2.05) is 66.0 Å². The molecule has 0 bridgehead atoms. The quantitative estimate of drug-likeness (QED) is 0.327. The van der Waals surface area contributed by atoms with Gasteiger partial charge in [-0.25, -0.2) is 14.3 Å². The Hall–Kier alpha value is -4.66. The summed E-state index contributed by atoms with van der Waals surface area (Å²) in [6.07, 6.45) is 3.56. The Bertz CT molecular complexity index is 1320. The van der Waals surface area contributed by atoms with Gasteiger partial charge < -0.3 is 13.9 Å². The molecule has 2 aromatic carbocycles. The molecule has 0 aliphatic rings. The van der Waals surface area contributed by atoms with Gasteiger partial charge in [0.25, 0.3) is 5.91 Å². The van der Waals surface area contributed by atoms with E-state index in [4.69, 9.17) is 9.15 Å². The number of para-hydroxylation sites is 2. The van der Waals surface area contributed by atoms with Crippen molar-refractivity contribution in [2.45, 2.75) is 6.92 Å². The third kappa shape index (κ3) is 5.39. The Labute approximate surface area is 194 Å². The standard InChI is InChI=1S/C25H21N3O6/c1-2-32-25(31)26-22(29)16-33-23(30)13-12-18-15-28(19-9-4-3-5-10-19)27-24(18)21-14-17-8-6-7-11-20(17)34-21/h3-15H,2,16H2,1H3,(H,26,29,31)/b13-12+. The van der Waals surface area contributed by atoms with Gasteiger partial charge in [0.15, 0.2) is 12.4 Å². The molecular weight excluding hydrogens is 438 g/mol. The Morgan fingerprint density at radius 2 is 1.82 bits per heavy atom. The maximum absolute atomic E-state index is 12.1. The fourth-order valence-electron chi connectivity index (χ4n) is 3.17. The van der Waals surface area contributed by atoms with Crippen molar-refractivity contribution in [1.29, 1.82) is 0 Å². The van der Waals surface area contributed by atoms with Crippen molar-refractivity contribution in [1.82, 2.24) is 15.1 Å². The lowest BCUT2D eigenvalue weighted by molar-refractivity contribution is -0.143. The number of hydrogen-bond donors (Lipinski definition) is 1. The fourth-order valence-corrected chi connectivity index (χ4v) is 3.17. The lowest BCUT2D eigenvalue weighted by Crippen LogP contribution is -2.34. The average Bonchev–Trinajstić information content (AvgIpc) is 3.46. The first-order valence-electron chi connectivity index (χ1n) is 10.5. The first-order valence-corrected chi connectivity index (χ1v) is 10.5. The van der Waals surface area contributed by atoms with Gasteiger partial charge in [0.1, 0.15) is 11.3 Å². The molecular formula is C25H21N3O6. The van der Waals surface area contributed by atoms with E-state index in [1.54, 1.807) is 17.8 Å². The van der Waals surface area contributed by atoms with Crippen LogP contribution in [-0.2, 0) is 19.1 Å². The van der Waals surface area contributed by atoms with Crippen molar-refractivity contribution >= 4 is 35.0 Å². The largest absolute Gasteiger partial charge is 0.454 e. The van der Waals surface area contributed by atoms with Gasteiger partial charge in [-0.1, -0.05) is 36.4 Å². The van der Waals surface area contributed by atoms with E-state index in [1.165, 1.54) is 12.2 Å². The number of amides is 2. The van der Waals surface area contributed by atoms with Gasteiger partial charge in [-0.15, -0.1) is 0 Å². The molecule has 0 aliphatic carbocycles. The number of nitrogens with zero attached hydrogens (tertiary/aromatic N) is 2. The molecule has 9 nitrogen and oxygen atoms in total. The number of nitrogens with one attached hydrogen (secondary N) is 1. The molecule has 0 saturated carbocycles. The number of rotatable bonds is 7. The second-order valence-corrected chi connectivity index (χ2v) is 7.07. The van der Waals surface area contributed by atoms with Crippen LogP contribution in [0, 0.1) is 0 Å². The first-order chi connectivity index (χ1) is 16.5. The number of fused-ring (bicyclic) bond motifs is 1. The van der Waals surface area contributed by atoms with Crippen LogP contribution < -0.4 is 5.32 Å². The van der Waals surface area contributed by atoms with Crippen molar-refractivity contribution in [2.75, 3.05) is 13.2 Å². The van der Waals surface area contributed by atoms with E-state index in [-0.39, 0.29) is 6.61 Å². The number of benzene rings is 2. The number of esters is 1. The van der Waals surface area contributed by atoms with Crippen molar-refractivity contribution in [2.24, 2.45) is 0 Å². The van der Waals surface area contributed by atoms with Gasteiger partial charge >= 0.3 is 12.1 Å². The summed E-state index contributed by atoms with van der Waals surface area (Å²) in [6, 6.07) is 19.0. The van der Waals surface area contributed by atoms with Crippen LogP contribution in [0.3, 0.4) is 0 Å². The molecule has 172 valence electrons. The molecule has 9 heteroatoms. The molecule has 0 atom stereocenters. The van der Waals surface area contributed by atoms with Crippen LogP contribution in [0.5, 0.6) is 0 Å². The van der Waals surface area contributed by atoms with Gasteiger partial charge in [-0.2, -0.15) is 5.10 Å². The number of carbonyl (C=O) groups excluding carboxylic acids is 3. The summed E-state index contributed by atoms with van der Waals surface area (Å²) in [5.41, 5.74) is 2.69. The summed E-state index contributed by atoms with van der Waals surface area (Å²) >= 11 is 0. The van der Waals surface area contributed by atoms with Crippen molar-refractivity contribution < 1.29 is 28.3 Å². The number of ether oxygens (including phenoxy) is 2. The molecule has 34 heavy (non-hydrogen) atoms. The van der Waals surface area contributed by atoms with E-state index < -0.39 is 24.6 Å². The summed E-state index contributed by atoms with van der Waals surface area (Å²) in [7, 11) is 0. The number of carbonyl (C=O) groups is 3. The molecule has 0 radical (unpaired) electrons. The lowest BCUT2D eigenvalue weighted by atomic mass is 10.2. The molecule has 4 aromatic rings. The molecule has 2 heterocycles. The average molecular weight is 459 g/mol. The molecule has 4 rings (SSSR count). The van der Waals surface area contributed by atoms with Crippen LogP contribution in [0.4, 0.5) is 4.79 Å². The Balaban J connectivity index is 1.54. The van der Waals surface area contributed by atoms with Crippen molar-refractivity contribution in [3.8, 4) is 17.1 Å². The highest BCUT2D eigenvalue weighted by atomic mass is 16.6. The molecule has 0 saturated heterocycles. The summed E-state index contributed by atoms with van der Waals surface area (Å²) in [4.78, 5) is 35.0. The van der Waals surface area contributed by atoms with E-state index in [0.717, 1.165) is 11.1 Å². The highest BCUT2D eigenvalue weighted by Gasteiger charge is 2.16. The smallest absolute Gasteiger partial charge is 0.413 e. The lowest BCUT2D eigenvalue weighted by Gasteiger charge is -2.03. The second-order valence-electron chi connectivity index (χ2n) is 7.07. The molecule has 2 amide bonds. The van der Waals surface area contributed by atoms with E-state index >= 15 is 0 Å². The van der Waals surface area contributed by atoms with Gasteiger partial charge in [0.2, 0.25) is 0 Å². The minimum absolute atomic E-state index is 0.117. The predicted octanol–water partition coefficient (Wildman–Crippen LogP) is 4.11. The van der Waals surface area contributed by atoms with Crippen LogP contribution in [0.15, 0.2) is 77.4 Å². The minimum Gasteiger partial charge on any atom is -0.454 e. The van der Waals surface area contributed by atoms with E-state index in [2.05, 4.69) is 9.84 Å². The SMILES string of the molecule is CCOC(=O)NC(=O)COC(=O)/C=C/c1cn(-c2ccccc2)nc1-c1cc2ccccc2o1. The molecule has 0 unspecified atom stereocenters. The first kappa shape index (κ1) is 22.5. The second kappa shape index (κ2) is 10.3. The van der Waals surface area contributed by atoms with Gasteiger partial charge in [0, 0.05) is 23.2 Å². The number of aromatic nitrogens is 2. The Morgan fingerprint density at radius 1 is 1.06 bits per heavy atom. The van der Waals surface area contributed by atoms with E-state index in [0.29, 0.717) is 22.6 Å². The monoisotopic (exact) mass is 459 g/mol. The Morgan fingerprint density at radius 3 is 2.59 bits per heavy atom. The molecule has 0 fully saturated rings. The topological polar surface area (TPSA) is 113 Å². The number of alkyl carbamates (subject to hydrolysis) is 1. The van der Waals surface area contributed by atoms with Crippen molar-refractivity contribution in [3.63, 3.8) is 0 Å². The van der Waals surface area contributed by atoms with Gasteiger partial charge in [0.05, 0.1) is 12.3 Å². The zero-order valence-electron chi connectivity index (χ0n) is 18.3. The predicted molar refractivity (Wildman–Crippen MR) is 124 cm³/mol. The fraction of sp³-hybridized carbons (Fsp3) is 0.120. The summed E-state index contributed by atoms with van der Waals surface area (Å²) in [5.74, 6) is -1.01. The zero-order valence-corrected chi connectivity index (χ0v) is 18.3. The van der Waals surface area contributed by atoms with Crippen molar-refractivity contribution in [3.05, 3.63) is 78.5 Å². The number of furan rings is 1. The van der Waals surface area contributed by atoms with Crippen LogP contribution >= 0.6 is 0 Å². The van der Waals surface area contributed by atoms with E-state index in [9.17, 15) is 14.4 Å². The highest BCUT2D eigenvalue weighted by Crippen LogP contribution is 2.30. The highest BCUT2D eigenvalue weighted by molar-refractivity contribution is 5.95.